The molecule has 1 aromatic rings. The number of nitrogens with zero attached hydrogens (tertiary/aromatic N) is 2. The molecule has 1 aliphatic rings. The van der Waals surface area contributed by atoms with Crippen molar-refractivity contribution < 1.29 is 4.74 Å². The Morgan fingerprint density at radius 3 is 2.82 bits per heavy atom. The van der Waals surface area contributed by atoms with Crippen LogP contribution in [0.2, 0.25) is 0 Å². The van der Waals surface area contributed by atoms with E-state index in [4.69, 9.17) is 4.74 Å². The molecule has 17 heavy (non-hydrogen) atoms. The van der Waals surface area contributed by atoms with E-state index in [9.17, 15) is 0 Å². The molecule has 92 valence electrons. The van der Waals surface area contributed by atoms with Gasteiger partial charge in [-0.05, 0) is 6.42 Å². The van der Waals surface area contributed by atoms with Crippen molar-refractivity contribution >= 4 is 6.34 Å². The summed E-state index contributed by atoms with van der Waals surface area (Å²) in [7, 11) is 0. The van der Waals surface area contributed by atoms with Crippen LogP contribution in [-0.2, 0) is 4.74 Å². The van der Waals surface area contributed by atoms with Crippen molar-refractivity contribution in [1.29, 1.82) is 0 Å². The van der Waals surface area contributed by atoms with Crippen LogP contribution in [0.1, 0.15) is 31.6 Å². The summed E-state index contributed by atoms with van der Waals surface area (Å²) in [6.45, 7) is 4.81. The van der Waals surface area contributed by atoms with Crippen LogP contribution in [0.5, 0.6) is 0 Å². The lowest BCUT2D eigenvalue weighted by molar-refractivity contribution is -0.0235. The van der Waals surface area contributed by atoms with Crippen molar-refractivity contribution in [1.82, 2.24) is 4.90 Å². The summed E-state index contributed by atoms with van der Waals surface area (Å²) >= 11 is 0. The summed E-state index contributed by atoms with van der Waals surface area (Å²) < 4.78 is 5.99. The third-order valence-electron chi connectivity index (χ3n) is 2.88. The Bertz CT molecular complexity index is 350. The summed E-state index contributed by atoms with van der Waals surface area (Å²) in [4.78, 5) is 6.43. The van der Waals surface area contributed by atoms with Gasteiger partial charge in [-0.3, -0.25) is 4.99 Å². The summed E-state index contributed by atoms with van der Waals surface area (Å²) in [6.07, 6.45) is 4.20. The third kappa shape index (κ3) is 3.30. The first-order valence-corrected chi connectivity index (χ1v) is 6.34. The number of rotatable bonds is 6. The Morgan fingerprint density at radius 2 is 2.18 bits per heavy atom. The lowest BCUT2D eigenvalue weighted by Crippen LogP contribution is -2.28. The van der Waals surface area contributed by atoms with E-state index >= 15 is 0 Å². The van der Waals surface area contributed by atoms with E-state index in [1.165, 1.54) is 5.56 Å². The highest BCUT2D eigenvalue weighted by molar-refractivity contribution is 5.57. The highest BCUT2D eigenvalue weighted by atomic mass is 16.5. The number of hydrogen-bond donors (Lipinski definition) is 0. The molecule has 0 spiro atoms. The molecule has 1 aromatic carbocycles. The molecular formula is C14H20N2O. The van der Waals surface area contributed by atoms with Crippen LogP contribution >= 0.6 is 0 Å². The fourth-order valence-electron chi connectivity index (χ4n) is 1.91. The maximum absolute atomic E-state index is 5.99. The maximum Gasteiger partial charge on any atom is 0.157 e. The van der Waals surface area contributed by atoms with Crippen molar-refractivity contribution in [2.24, 2.45) is 4.99 Å². The van der Waals surface area contributed by atoms with Crippen molar-refractivity contribution in [3.8, 4) is 0 Å². The SMILES string of the molecule is CCCCOC(c1ccccc1)N1C=NCC1. The molecule has 0 N–H and O–H groups in total. The van der Waals surface area contributed by atoms with Gasteiger partial charge in [-0.15, -0.1) is 0 Å². The largest absolute Gasteiger partial charge is 0.354 e. The average Bonchev–Trinajstić information content (AvgIpc) is 2.89. The Balaban J connectivity index is 2.04. The number of hydrogen-bond acceptors (Lipinski definition) is 3. The van der Waals surface area contributed by atoms with Gasteiger partial charge in [0.1, 0.15) is 0 Å². The van der Waals surface area contributed by atoms with Crippen LogP contribution in [0.4, 0.5) is 0 Å². The fraction of sp³-hybridized carbons (Fsp3) is 0.500. The van der Waals surface area contributed by atoms with Gasteiger partial charge in [0.05, 0.1) is 12.9 Å². The molecule has 0 saturated carbocycles. The highest BCUT2D eigenvalue weighted by Gasteiger charge is 2.20. The average molecular weight is 232 g/mol. The van der Waals surface area contributed by atoms with Gasteiger partial charge in [0.25, 0.3) is 0 Å². The topological polar surface area (TPSA) is 24.8 Å². The second-order valence-electron chi connectivity index (χ2n) is 4.25. The van der Waals surface area contributed by atoms with Gasteiger partial charge in [0, 0.05) is 18.7 Å². The zero-order chi connectivity index (χ0) is 11.9. The van der Waals surface area contributed by atoms with Crippen LogP contribution in [0, 0.1) is 0 Å². The number of unbranched alkanes of at least 4 members (excludes halogenated alkanes) is 1. The van der Waals surface area contributed by atoms with Gasteiger partial charge in [-0.2, -0.15) is 0 Å². The van der Waals surface area contributed by atoms with Crippen LogP contribution in [0.3, 0.4) is 0 Å². The minimum Gasteiger partial charge on any atom is -0.354 e. The van der Waals surface area contributed by atoms with Crippen LogP contribution < -0.4 is 0 Å². The first-order valence-electron chi connectivity index (χ1n) is 6.34. The summed E-state index contributed by atoms with van der Waals surface area (Å²) in [5.41, 5.74) is 1.21. The normalized spacial score (nSPS) is 16.4. The minimum absolute atomic E-state index is 0.0222. The van der Waals surface area contributed by atoms with Crippen LogP contribution in [0.25, 0.3) is 0 Å². The zero-order valence-electron chi connectivity index (χ0n) is 10.4. The van der Waals surface area contributed by atoms with E-state index in [1.54, 1.807) is 0 Å². The van der Waals surface area contributed by atoms with E-state index in [0.29, 0.717) is 0 Å². The Hall–Kier alpha value is -1.35. The lowest BCUT2D eigenvalue weighted by Gasteiger charge is -2.27. The zero-order valence-corrected chi connectivity index (χ0v) is 10.4. The van der Waals surface area contributed by atoms with Crippen molar-refractivity contribution in [3.05, 3.63) is 35.9 Å². The first kappa shape index (κ1) is 12.1. The van der Waals surface area contributed by atoms with Crippen LogP contribution in [0.15, 0.2) is 35.3 Å². The molecule has 3 nitrogen and oxygen atoms in total. The predicted molar refractivity (Wildman–Crippen MR) is 70.1 cm³/mol. The number of aliphatic imine (C=N–C) groups is 1. The number of ether oxygens (including phenoxy) is 1. The second kappa shape index (κ2) is 6.40. The van der Waals surface area contributed by atoms with Gasteiger partial charge >= 0.3 is 0 Å². The van der Waals surface area contributed by atoms with Gasteiger partial charge < -0.3 is 9.64 Å². The van der Waals surface area contributed by atoms with Gasteiger partial charge in [0.2, 0.25) is 0 Å². The number of benzene rings is 1. The molecule has 0 fully saturated rings. The minimum atomic E-state index is 0.0222. The molecular weight excluding hydrogens is 212 g/mol. The van der Waals surface area contributed by atoms with E-state index < -0.39 is 0 Å². The third-order valence-corrected chi connectivity index (χ3v) is 2.88. The second-order valence-corrected chi connectivity index (χ2v) is 4.25. The molecule has 1 atom stereocenters. The molecule has 0 radical (unpaired) electrons. The molecule has 0 bridgehead atoms. The molecule has 1 heterocycles. The quantitative estimate of drug-likeness (QED) is 0.704. The standard InChI is InChI=1S/C14H20N2O/c1-2-3-11-17-14(16-10-9-15-12-16)13-7-5-4-6-8-13/h4-8,12,14H,2-3,9-11H2,1H3. The Morgan fingerprint density at radius 1 is 1.35 bits per heavy atom. The van der Waals surface area contributed by atoms with Crippen molar-refractivity contribution in [2.75, 3.05) is 19.7 Å². The first-order chi connectivity index (χ1) is 8.42. The molecule has 0 saturated heterocycles. The van der Waals surface area contributed by atoms with Gasteiger partial charge in [-0.25, -0.2) is 0 Å². The summed E-state index contributed by atoms with van der Waals surface area (Å²) in [5, 5.41) is 0. The van der Waals surface area contributed by atoms with E-state index in [0.717, 1.165) is 32.5 Å². The van der Waals surface area contributed by atoms with Crippen LogP contribution in [-0.4, -0.2) is 30.9 Å². The Kier molecular flexibility index (Phi) is 4.56. The van der Waals surface area contributed by atoms with Crippen molar-refractivity contribution in [2.45, 2.75) is 26.0 Å². The smallest absolute Gasteiger partial charge is 0.157 e. The molecule has 1 aliphatic heterocycles. The Labute approximate surface area is 103 Å². The molecule has 2 rings (SSSR count). The summed E-state index contributed by atoms with van der Waals surface area (Å²) in [6, 6.07) is 10.4. The maximum atomic E-state index is 5.99. The monoisotopic (exact) mass is 232 g/mol. The lowest BCUT2D eigenvalue weighted by atomic mass is 10.2. The predicted octanol–water partition coefficient (Wildman–Crippen LogP) is 2.85. The van der Waals surface area contributed by atoms with Gasteiger partial charge in [0.15, 0.2) is 6.23 Å². The fourth-order valence-corrected chi connectivity index (χ4v) is 1.91. The molecule has 1 unspecified atom stereocenters. The molecule has 0 amide bonds. The van der Waals surface area contributed by atoms with E-state index in [1.807, 2.05) is 12.4 Å². The molecule has 3 heteroatoms. The van der Waals surface area contributed by atoms with E-state index in [-0.39, 0.29) is 6.23 Å². The molecule has 0 aromatic heterocycles. The molecule has 0 aliphatic carbocycles. The van der Waals surface area contributed by atoms with Crippen molar-refractivity contribution in [3.63, 3.8) is 0 Å². The van der Waals surface area contributed by atoms with Gasteiger partial charge in [-0.1, -0.05) is 43.7 Å². The van der Waals surface area contributed by atoms with E-state index in [2.05, 4.69) is 41.1 Å². The summed E-state index contributed by atoms with van der Waals surface area (Å²) in [5.74, 6) is 0. The highest BCUT2D eigenvalue weighted by Crippen LogP contribution is 2.22.